The minimum absolute atomic E-state index is 0.197. The van der Waals surface area contributed by atoms with Gasteiger partial charge in [-0.15, -0.1) is 0 Å². The van der Waals surface area contributed by atoms with Crippen LogP contribution in [0.1, 0.15) is 23.6 Å². The molecule has 2 aliphatic heterocycles. The van der Waals surface area contributed by atoms with Gasteiger partial charge in [0.2, 0.25) is 0 Å². The minimum atomic E-state index is -4.40. The van der Waals surface area contributed by atoms with Crippen LogP contribution in [-0.4, -0.2) is 50.2 Å². The van der Waals surface area contributed by atoms with Crippen LogP contribution in [0.25, 0.3) is 0 Å². The van der Waals surface area contributed by atoms with Crippen LogP contribution in [0.3, 0.4) is 0 Å². The van der Waals surface area contributed by atoms with Crippen LogP contribution in [0.4, 0.5) is 18.0 Å². The van der Waals surface area contributed by atoms with Gasteiger partial charge in [-0.2, -0.15) is 13.2 Å². The molecule has 2 aliphatic rings. The summed E-state index contributed by atoms with van der Waals surface area (Å²) in [7, 11) is 0. The molecule has 2 aromatic rings. The molecule has 174 valence electrons. The molecule has 1 unspecified atom stereocenters. The van der Waals surface area contributed by atoms with Gasteiger partial charge in [0.05, 0.1) is 10.5 Å². The van der Waals surface area contributed by atoms with Crippen molar-refractivity contribution in [3.05, 3.63) is 76.1 Å². The van der Waals surface area contributed by atoms with E-state index < -0.39 is 23.1 Å². The Kier molecular flexibility index (Phi) is 6.24. The quantitative estimate of drug-likeness (QED) is 0.688. The van der Waals surface area contributed by atoms with E-state index in [0.717, 1.165) is 17.7 Å². The fourth-order valence-corrected chi connectivity index (χ4v) is 5.17. The van der Waals surface area contributed by atoms with E-state index in [4.69, 9.17) is 5.73 Å². The maximum atomic E-state index is 13.2. The van der Waals surface area contributed by atoms with E-state index in [2.05, 4.69) is 4.98 Å². The van der Waals surface area contributed by atoms with Gasteiger partial charge in [-0.3, -0.25) is 14.7 Å². The van der Waals surface area contributed by atoms with Crippen molar-refractivity contribution in [2.24, 2.45) is 5.73 Å². The van der Waals surface area contributed by atoms with Crippen LogP contribution in [0.5, 0.6) is 0 Å². The monoisotopic (exact) mass is 477 g/mol. The van der Waals surface area contributed by atoms with E-state index in [9.17, 15) is 22.8 Å². The summed E-state index contributed by atoms with van der Waals surface area (Å²) in [5.41, 5.74) is 6.59. The molecule has 1 aromatic carbocycles. The molecule has 1 atom stereocenters. The van der Waals surface area contributed by atoms with Gasteiger partial charge in [-0.1, -0.05) is 30.0 Å². The summed E-state index contributed by atoms with van der Waals surface area (Å²) in [5, 5.41) is 0. The van der Waals surface area contributed by atoms with Gasteiger partial charge in [0.25, 0.3) is 5.91 Å². The van der Waals surface area contributed by atoms with Crippen molar-refractivity contribution in [1.82, 2.24) is 19.7 Å². The van der Waals surface area contributed by atoms with E-state index >= 15 is 0 Å². The summed E-state index contributed by atoms with van der Waals surface area (Å²) >= 11 is 1.23. The summed E-state index contributed by atoms with van der Waals surface area (Å²) in [5.74, 6) is -0.551. The molecule has 0 radical (unpaired) electrons. The molecule has 2 N–H and O–H groups in total. The number of halogens is 3. The average Bonchev–Trinajstić information content (AvgIpc) is 3.28. The molecule has 33 heavy (non-hydrogen) atoms. The number of hydrogen-bond acceptors (Lipinski definition) is 5. The van der Waals surface area contributed by atoms with Crippen molar-refractivity contribution >= 4 is 23.7 Å². The Labute approximate surface area is 193 Å². The molecular formula is C22H22F3N5O2S. The van der Waals surface area contributed by atoms with Crippen LogP contribution in [0.15, 0.2) is 59.4 Å². The number of allylic oxidation sites excluding steroid dienone is 1. The van der Waals surface area contributed by atoms with Gasteiger partial charge < -0.3 is 15.5 Å². The lowest BCUT2D eigenvalue weighted by atomic mass is 10.1. The van der Waals surface area contributed by atoms with Gasteiger partial charge in [-0.25, -0.2) is 4.79 Å². The summed E-state index contributed by atoms with van der Waals surface area (Å²) in [6, 6.07) is 8.28. The third-order valence-electron chi connectivity index (χ3n) is 5.60. The number of urea groups is 1. The SMILES string of the molecule is CC1=C(C(N)=O)SC(N2CCN(Cc3ccc(C(F)(F)F)cc3)C2=O)N1Cc1cccnc1. The van der Waals surface area contributed by atoms with Crippen molar-refractivity contribution in [2.75, 3.05) is 13.1 Å². The van der Waals surface area contributed by atoms with Gasteiger partial charge >= 0.3 is 12.2 Å². The number of nitrogens with two attached hydrogens (primary N) is 1. The highest BCUT2D eigenvalue weighted by Gasteiger charge is 2.42. The molecule has 0 saturated carbocycles. The molecular weight excluding hydrogens is 455 g/mol. The van der Waals surface area contributed by atoms with Crippen LogP contribution in [0, 0.1) is 0 Å². The number of hydrogen-bond donors (Lipinski definition) is 1. The van der Waals surface area contributed by atoms with Gasteiger partial charge in [0.15, 0.2) is 5.50 Å². The zero-order chi connectivity index (χ0) is 23.8. The zero-order valence-electron chi connectivity index (χ0n) is 17.7. The van der Waals surface area contributed by atoms with Crippen LogP contribution in [0.2, 0.25) is 0 Å². The molecule has 0 aliphatic carbocycles. The second-order valence-corrected chi connectivity index (χ2v) is 8.87. The molecule has 3 heterocycles. The minimum Gasteiger partial charge on any atom is -0.365 e. The van der Waals surface area contributed by atoms with Crippen LogP contribution >= 0.6 is 11.8 Å². The van der Waals surface area contributed by atoms with Gasteiger partial charge in [0.1, 0.15) is 0 Å². The predicted octanol–water partition coefficient (Wildman–Crippen LogP) is 3.59. The molecule has 7 nitrogen and oxygen atoms in total. The topological polar surface area (TPSA) is 82.8 Å². The van der Waals surface area contributed by atoms with E-state index in [1.807, 2.05) is 17.0 Å². The van der Waals surface area contributed by atoms with E-state index in [-0.39, 0.29) is 12.6 Å². The second-order valence-electron chi connectivity index (χ2n) is 7.80. The van der Waals surface area contributed by atoms with Crippen molar-refractivity contribution in [1.29, 1.82) is 0 Å². The maximum absolute atomic E-state index is 13.2. The van der Waals surface area contributed by atoms with Crippen molar-refractivity contribution < 1.29 is 22.8 Å². The number of alkyl halides is 3. The van der Waals surface area contributed by atoms with Crippen LogP contribution in [-0.2, 0) is 24.1 Å². The average molecular weight is 478 g/mol. The molecule has 0 bridgehead atoms. The molecule has 1 aromatic heterocycles. The Bertz CT molecular complexity index is 1080. The highest BCUT2D eigenvalue weighted by atomic mass is 32.2. The number of primary amides is 1. The number of thioether (sulfide) groups is 1. The summed E-state index contributed by atoms with van der Waals surface area (Å²) in [6.45, 7) is 3.27. The highest BCUT2D eigenvalue weighted by Crippen LogP contribution is 2.41. The Morgan fingerprint density at radius 1 is 1.15 bits per heavy atom. The van der Waals surface area contributed by atoms with E-state index in [1.165, 1.54) is 23.9 Å². The van der Waals surface area contributed by atoms with E-state index in [0.29, 0.717) is 35.8 Å². The van der Waals surface area contributed by atoms with Gasteiger partial charge in [-0.05, 0) is 36.2 Å². The summed E-state index contributed by atoms with van der Waals surface area (Å²) in [6.07, 6.45) is -1.01. The zero-order valence-corrected chi connectivity index (χ0v) is 18.6. The Balaban J connectivity index is 1.50. The largest absolute Gasteiger partial charge is 0.416 e. The van der Waals surface area contributed by atoms with Gasteiger partial charge in [0, 0.05) is 44.3 Å². The predicted molar refractivity (Wildman–Crippen MR) is 117 cm³/mol. The first kappa shape index (κ1) is 23.0. The maximum Gasteiger partial charge on any atom is 0.416 e. The standard InChI is InChI=1S/C22H22F3N5O2S/c1-14-18(19(26)31)33-21(30(14)13-16-3-2-8-27-11-16)29-10-9-28(20(29)32)12-15-4-6-17(7-5-15)22(23,24)25/h2-8,11,21H,9-10,12-13H2,1H3,(H2,26,31). The van der Waals surface area contributed by atoms with Crippen molar-refractivity contribution in [2.45, 2.75) is 31.7 Å². The molecule has 0 spiro atoms. The first-order valence-corrected chi connectivity index (χ1v) is 11.1. The summed E-state index contributed by atoms with van der Waals surface area (Å²) < 4.78 is 38.4. The Morgan fingerprint density at radius 3 is 2.48 bits per heavy atom. The molecule has 4 rings (SSSR count). The normalized spacial score (nSPS) is 19.1. The number of amides is 3. The van der Waals surface area contributed by atoms with Crippen molar-refractivity contribution in [3.8, 4) is 0 Å². The van der Waals surface area contributed by atoms with E-state index in [1.54, 1.807) is 29.1 Å². The first-order valence-electron chi connectivity index (χ1n) is 10.2. The third-order valence-corrected chi connectivity index (χ3v) is 7.05. The number of pyridine rings is 1. The second kappa shape index (κ2) is 8.97. The third kappa shape index (κ3) is 4.77. The lowest BCUT2D eigenvalue weighted by Crippen LogP contribution is -2.45. The lowest BCUT2D eigenvalue weighted by Gasteiger charge is -2.33. The molecule has 3 amide bonds. The van der Waals surface area contributed by atoms with Crippen LogP contribution < -0.4 is 5.73 Å². The number of rotatable bonds is 6. The number of carbonyl (C=O) groups excluding carboxylic acids is 2. The number of carbonyl (C=O) groups is 2. The highest BCUT2D eigenvalue weighted by molar-refractivity contribution is 8.04. The number of nitrogens with zero attached hydrogens (tertiary/aromatic N) is 4. The smallest absolute Gasteiger partial charge is 0.365 e. The first-order chi connectivity index (χ1) is 15.6. The molecule has 11 heteroatoms. The Hall–Kier alpha value is -3.21. The Morgan fingerprint density at radius 2 is 1.88 bits per heavy atom. The fourth-order valence-electron chi connectivity index (χ4n) is 3.88. The fraction of sp³-hybridized carbons (Fsp3) is 0.318. The number of aromatic nitrogens is 1. The molecule has 1 saturated heterocycles. The lowest BCUT2D eigenvalue weighted by molar-refractivity contribution is -0.137. The summed E-state index contributed by atoms with van der Waals surface area (Å²) in [4.78, 5) is 34.9. The van der Waals surface area contributed by atoms with Crippen molar-refractivity contribution in [3.63, 3.8) is 0 Å². The molecule has 1 fully saturated rings. The number of benzene rings is 1.